The van der Waals surface area contributed by atoms with Gasteiger partial charge >= 0.3 is 0 Å². The number of benzene rings is 3. The highest BCUT2D eigenvalue weighted by Gasteiger charge is 2.13. The highest BCUT2D eigenvalue weighted by molar-refractivity contribution is 6.30. The smallest absolute Gasteiger partial charge is 0.234 e. The molecule has 0 saturated carbocycles. The molecule has 3 aromatic rings. The third kappa shape index (κ3) is 4.64. The molecule has 0 unspecified atom stereocenters. The Hall–Kier alpha value is -2.69. The van der Waals surface area contributed by atoms with Crippen LogP contribution in [0.25, 0.3) is 0 Å². The first kappa shape index (κ1) is 15.2. The van der Waals surface area contributed by atoms with Gasteiger partial charge in [0.25, 0.3) is 0 Å². The van der Waals surface area contributed by atoms with E-state index in [1.165, 1.54) is 0 Å². The van der Waals surface area contributed by atoms with Crippen molar-refractivity contribution in [3.05, 3.63) is 90.0 Å². The Bertz CT molecular complexity index is 679. The third-order valence-corrected chi connectivity index (χ3v) is 3.09. The van der Waals surface area contributed by atoms with Crippen LogP contribution in [0, 0.1) is 0 Å². The van der Waals surface area contributed by atoms with E-state index in [1.54, 1.807) is 48.5 Å². The zero-order chi connectivity index (χ0) is 15.9. The van der Waals surface area contributed by atoms with Crippen LogP contribution in [0.3, 0.4) is 0 Å². The van der Waals surface area contributed by atoms with E-state index in [0.29, 0.717) is 22.3 Å². The average molecular weight is 328 g/mol. The minimum absolute atomic E-state index is 0.529. The van der Waals surface area contributed by atoms with Gasteiger partial charge in [-0.2, -0.15) is 0 Å². The molecule has 3 aromatic carbocycles. The van der Waals surface area contributed by atoms with Crippen molar-refractivity contribution >= 4 is 11.6 Å². The molecule has 0 aliphatic heterocycles. The predicted molar refractivity (Wildman–Crippen MR) is 88.1 cm³/mol. The SMILES string of the molecule is Clc1ccc(ON(Oc2ccccc2)Oc2ccccc2)cc1. The van der Waals surface area contributed by atoms with E-state index in [9.17, 15) is 0 Å². The quantitative estimate of drug-likeness (QED) is 0.601. The first-order valence-corrected chi connectivity index (χ1v) is 7.37. The maximum atomic E-state index is 5.88. The number of hydrogen-bond acceptors (Lipinski definition) is 4. The molecular formula is C18H14ClNO3. The monoisotopic (exact) mass is 327 g/mol. The van der Waals surface area contributed by atoms with Gasteiger partial charge in [-0.25, -0.2) is 0 Å². The van der Waals surface area contributed by atoms with Crippen LogP contribution >= 0.6 is 11.6 Å². The normalized spacial score (nSPS) is 10.3. The lowest BCUT2D eigenvalue weighted by molar-refractivity contribution is -0.408. The van der Waals surface area contributed by atoms with Crippen LogP contribution in [0.4, 0.5) is 0 Å². The summed E-state index contributed by atoms with van der Waals surface area (Å²) in [5.41, 5.74) is 0. The van der Waals surface area contributed by atoms with E-state index in [0.717, 1.165) is 5.39 Å². The van der Waals surface area contributed by atoms with Crippen LogP contribution in [0.2, 0.25) is 5.02 Å². The van der Waals surface area contributed by atoms with E-state index in [1.807, 2.05) is 36.4 Å². The lowest BCUT2D eigenvalue weighted by Gasteiger charge is -2.20. The number of rotatable bonds is 6. The topological polar surface area (TPSA) is 30.9 Å². The molecule has 0 bridgehead atoms. The maximum Gasteiger partial charge on any atom is 0.234 e. The molecule has 0 fully saturated rings. The van der Waals surface area contributed by atoms with E-state index in [4.69, 9.17) is 26.1 Å². The molecule has 116 valence electrons. The second-order valence-electron chi connectivity index (χ2n) is 4.58. The fourth-order valence-electron chi connectivity index (χ4n) is 1.77. The summed E-state index contributed by atoms with van der Waals surface area (Å²) in [7, 11) is 0. The Morgan fingerprint density at radius 1 is 0.522 bits per heavy atom. The van der Waals surface area contributed by atoms with Crippen molar-refractivity contribution in [1.29, 1.82) is 0 Å². The maximum absolute atomic E-state index is 5.88. The van der Waals surface area contributed by atoms with Crippen LogP contribution in [-0.4, -0.2) is 5.39 Å². The van der Waals surface area contributed by atoms with Crippen molar-refractivity contribution in [3.63, 3.8) is 0 Å². The summed E-state index contributed by atoms with van der Waals surface area (Å²) in [6.07, 6.45) is 0. The van der Waals surface area contributed by atoms with Crippen molar-refractivity contribution in [3.8, 4) is 17.2 Å². The molecule has 0 N–H and O–H groups in total. The van der Waals surface area contributed by atoms with Gasteiger partial charge in [0.2, 0.25) is 5.39 Å². The number of hydrogen-bond donors (Lipinski definition) is 0. The zero-order valence-corrected chi connectivity index (χ0v) is 12.9. The van der Waals surface area contributed by atoms with Gasteiger partial charge in [0.1, 0.15) is 0 Å². The first-order chi connectivity index (χ1) is 11.3. The summed E-state index contributed by atoms with van der Waals surface area (Å²) >= 11 is 5.88. The van der Waals surface area contributed by atoms with Crippen molar-refractivity contribution in [2.45, 2.75) is 0 Å². The predicted octanol–water partition coefficient (Wildman–Crippen LogP) is 4.92. The van der Waals surface area contributed by atoms with Crippen molar-refractivity contribution in [2.75, 3.05) is 0 Å². The summed E-state index contributed by atoms with van der Waals surface area (Å²) in [5, 5.41) is 1.57. The Kier molecular flexibility index (Phi) is 4.99. The lowest BCUT2D eigenvalue weighted by Crippen LogP contribution is -2.34. The van der Waals surface area contributed by atoms with Crippen molar-refractivity contribution < 1.29 is 14.5 Å². The van der Waals surface area contributed by atoms with Crippen LogP contribution < -0.4 is 14.5 Å². The van der Waals surface area contributed by atoms with Crippen LogP contribution in [0.1, 0.15) is 0 Å². The molecule has 0 amide bonds. The van der Waals surface area contributed by atoms with Crippen molar-refractivity contribution in [2.24, 2.45) is 0 Å². The lowest BCUT2D eigenvalue weighted by atomic mass is 10.3. The molecule has 0 spiro atoms. The minimum Gasteiger partial charge on any atom is -0.339 e. The van der Waals surface area contributed by atoms with Gasteiger partial charge in [0.05, 0.1) is 0 Å². The van der Waals surface area contributed by atoms with Crippen LogP contribution in [0.15, 0.2) is 84.9 Å². The summed E-state index contributed by atoms with van der Waals surface area (Å²) in [6.45, 7) is 0. The molecule has 5 heteroatoms. The molecule has 0 aliphatic carbocycles. The molecule has 0 saturated heterocycles. The second kappa shape index (κ2) is 7.54. The highest BCUT2D eigenvalue weighted by atomic mass is 35.5. The molecule has 0 aliphatic rings. The Labute approximate surface area is 139 Å². The highest BCUT2D eigenvalue weighted by Crippen LogP contribution is 2.20. The van der Waals surface area contributed by atoms with Gasteiger partial charge in [-0.1, -0.05) is 48.0 Å². The van der Waals surface area contributed by atoms with E-state index >= 15 is 0 Å². The van der Waals surface area contributed by atoms with Gasteiger partial charge in [-0.3, -0.25) is 0 Å². The average Bonchev–Trinajstić information content (AvgIpc) is 2.59. The molecule has 0 atom stereocenters. The zero-order valence-electron chi connectivity index (χ0n) is 12.1. The molecule has 4 nitrogen and oxygen atoms in total. The number of para-hydroxylation sites is 2. The van der Waals surface area contributed by atoms with Gasteiger partial charge in [-0.15, -0.1) is 0 Å². The van der Waals surface area contributed by atoms with E-state index in [2.05, 4.69) is 0 Å². The molecule has 0 aromatic heterocycles. The fraction of sp³-hybridized carbons (Fsp3) is 0. The van der Waals surface area contributed by atoms with Crippen LogP contribution in [-0.2, 0) is 0 Å². The summed E-state index contributed by atoms with van der Waals surface area (Å²) in [5.74, 6) is 1.69. The molecule has 0 heterocycles. The van der Waals surface area contributed by atoms with Gasteiger partial charge in [-0.05, 0) is 48.5 Å². The Morgan fingerprint density at radius 3 is 1.35 bits per heavy atom. The molecule has 3 rings (SSSR count). The summed E-state index contributed by atoms with van der Waals surface area (Å²) < 4.78 is 0. The molecule has 23 heavy (non-hydrogen) atoms. The Balaban J connectivity index is 1.76. The van der Waals surface area contributed by atoms with E-state index in [-0.39, 0.29) is 0 Å². The van der Waals surface area contributed by atoms with Crippen molar-refractivity contribution in [1.82, 2.24) is 5.39 Å². The fourth-order valence-corrected chi connectivity index (χ4v) is 1.90. The first-order valence-electron chi connectivity index (χ1n) is 6.99. The van der Waals surface area contributed by atoms with E-state index < -0.39 is 0 Å². The molecule has 0 radical (unpaired) electrons. The van der Waals surface area contributed by atoms with Gasteiger partial charge in [0.15, 0.2) is 17.2 Å². The summed E-state index contributed by atoms with van der Waals surface area (Å²) in [6, 6.07) is 25.3. The number of nitrogens with zero attached hydrogens (tertiary/aromatic N) is 1. The standard InChI is InChI=1S/C18H14ClNO3/c19-15-11-13-18(14-12-15)23-20(21-16-7-3-1-4-8-16)22-17-9-5-2-6-10-17/h1-14H. The second-order valence-corrected chi connectivity index (χ2v) is 5.01. The molecular weight excluding hydrogens is 314 g/mol. The largest absolute Gasteiger partial charge is 0.339 e. The summed E-state index contributed by atoms with van der Waals surface area (Å²) in [4.78, 5) is 16.8. The van der Waals surface area contributed by atoms with Gasteiger partial charge < -0.3 is 14.5 Å². The number of halogens is 1. The van der Waals surface area contributed by atoms with Crippen LogP contribution in [0.5, 0.6) is 17.2 Å². The Morgan fingerprint density at radius 2 is 0.913 bits per heavy atom. The van der Waals surface area contributed by atoms with Gasteiger partial charge in [0, 0.05) is 5.02 Å². The third-order valence-electron chi connectivity index (χ3n) is 2.84. The minimum atomic E-state index is 0.529.